The van der Waals surface area contributed by atoms with Gasteiger partial charge in [0.1, 0.15) is 72.0 Å². The highest BCUT2D eigenvalue weighted by Gasteiger charge is 2.31. The van der Waals surface area contributed by atoms with Crippen molar-refractivity contribution in [3.63, 3.8) is 0 Å². The number of carbonyl (C=O) groups is 3. The average molecular weight is 1930 g/mol. The van der Waals surface area contributed by atoms with Gasteiger partial charge in [-0.1, -0.05) is 27.7 Å². The van der Waals surface area contributed by atoms with Crippen molar-refractivity contribution in [2.24, 2.45) is 0 Å². The number of imidazole rings is 1. The van der Waals surface area contributed by atoms with Crippen molar-refractivity contribution in [1.82, 2.24) is 124 Å². The molecule has 0 bridgehead atoms. The summed E-state index contributed by atoms with van der Waals surface area (Å²) < 4.78 is 9.44. The number of nitrogens with one attached hydrogen (secondary N) is 9. The van der Waals surface area contributed by atoms with E-state index in [1.165, 1.54) is 5.69 Å². The Morgan fingerprint density at radius 1 is 0.326 bits per heavy atom. The summed E-state index contributed by atoms with van der Waals surface area (Å²) in [6.07, 6.45) is 25.9. The number of nitrogens with zero attached hydrogens (tertiary/aromatic N) is 24. The van der Waals surface area contributed by atoms with Gasteiger partial charge in [0, 0.05) is 269 Å². The summed E-state index contributed by atoms with van der Waals surface area (Å²) in [5.41, 5.74) is 50.1. The van der Waals surface area contributed by atoms with Crippen molar-refractivity contribution < 1.29 is 14.4 Å². The first kappa shape index (κ1) is 92.0. The smallest absolute Gasteiger partial charge is 0.244 e. The standard InChI is InChI=1S/C27H28N10.2C26H29N9O.C25H27N9O/c1-15-3-5-30-26-16(2)19(12-32-25(15)26)21-9-17-10-22(31-13-20(17)27(28)33-21)34-23-11-18-4-7-36-8-6-29-24(36)14-37(18)35-23;2*1-14-4-6-28-25-15(2)18(11-30-24(14)25)20-8-16-9-21(29-12-19(16)26(27)31-20)32-22-10-17-5-7-34(3)23(36)13-35(17)33-22;1-13-3-5-28-24-14(2)17(10-30-23(13)24)19-7-15-8-20(29-11-18(15)25(26)31-19)32-21-9-16-4-6-27-22(35)12-34(16)33-21/h6,8-13,15,30H,3-5,7,14H2,1-2H3,(H2,28,33)(H,31,34,35);2*8-12,14,28H,4-7,13H2,1-3H3,(H2,27,31)(H,29,32,33);7-11,13,28H,3-6,12H2,1-2H3,(H2,26,31)(H,27,35)(H,29,32,33)/t15-;2*14-;13-/m1100/s1. The topological polar surface area (TPSA) is 514 Å². The first-order chi connectivity index (χ1) is 69.7. The van der Waals surface area contributed by atoms with Crippen molar-refractivity contribution in [3.8, 4) is 45.0 Å². The highest BCUT2D eigenvalue weighted by atomic mass is 16.2. The zero-order chi connectivity index (χ0) is 99.1. The van der Waals surface area contributed by atoms with E-state index in [2.05, 4.69) is 175 Å². The maximum absolute atomic E-state index is 12.2. The summed E-state index contributed by atoms with van der Waals surface area (Å²) in [6, 6.07) is 23.9. The molecule has 25 heterocycles. The molecule has 0 radical (unpaired) electrons. The summed E-state index contributed by atoms with van der Waals surface area (Å²) in [4.78, 5) is 100. The predicted octanol–water partition coefficient (Wildman–Crippen LogP) is 14.3. The number of aromatic nitrogens is 22. The van der Waals surface area contributed by atoms with Crippen LogP contribution in [-0.2, 0) is 72.8 Å². The summed E-state index contributed by atoms with van der Waals surface area (Å²) in [5, 5.41) is 55.5. The van der Waals surface area contributed by atoms with E-state index in [1.54, 1.807) is 48.6 Å². The molecular weight excluding hydrogens is 1820 g/mol. The van der Waals surface area contributed by atoms with E-state index in [1.807, 2.05) is 117 Å². The van der Waals surface area contributed by atoms with Crippen molar-refractivity contribution in [2.75, 3.05) is 125 Å². The molecule has 0 saturated carbocycles. The highest BCUT2D eigenvalue weighted by Crippen LogP contribution is 2.45. The van der Waals surface area contributed by atoms with Gasteiger partial charge in [-0.2, -0.15) is 20.4 Å². The van der Waals surface area contributed by atoms with Crippen LogP contribution in [0.5, 0.6) is 0 Å². The molecule has 8 aliphatic rings. The molecule has 3 amide bonds. The molecule has 144 heavy (non-hydrogen) atoms. The first-order valence-electron chi connectivity index (χ1n) is 49.0. The number of likely N-dealkylation sites (N-methyl/N-ethyl adjacent to an activating group) is 2. The SMILES string of the molecule is Cc1c(-c2cc3cc(Nc4cc5n(n4)CC(=O)N(C)CC5)ncc3c(N)n2)cnc2c1NCC[C@@H]2C.Cc1c(-c2cc3cc(Nc4cc5n(n4)CC(=O)N(C)CC5)ncc3c(N)n2)cnc2c1NCC[C@H]2C.Cc1c(-c2cc3cc(Nc4cc5n(n4)CC(=O)NCC5)ncc3c(N)n2)cnc2c1NCC[C@@H]2C.Cc1c(-c2cc3cc(Nc4cc5n(n4)Cc4nccn4CC5)ncc3c(N)n2)cnc2c1NCC[C@H]2C. The zero-order valence-electron chi connectivity index (χ0n) is 81.9. The van der Waals surface area contributed by atoms with Gasteiger partial charge in [-0.05, 0) is 146 Å². The Labute approximate surface area is 828 Å². The Kier molecular flexibility index (Phi) is 24.1. The Morgan fingerprint density at radius 2 is 0.625 bits per heavy atom. The second-order valence-electron chi connectivity index (χ2n) is 38.7. The third-order valence-corrected chi connectivity index (χ3v) is 28.9. The van der Waals surface area contributed by atoms with Crippen molar-refractivity contribution in [3.05, 3.63) is 208 Å². The molecule has 732 valence electrons. The van der Waals surface area contributed by atoms with Gasteiger partial charge >= 0.3 is 0 Å². The van der Waals surface area contributed by atoms with Gasteiger partial charge in [-0.15, -0.1) is 0 Å². The molecule has 0 aliphatic carbocycles. The van der Waals surface area contributed by atoms with E-state index in [-0.39, 0.29) is 37.4 Å². The number of carbonyl (C=O) groups excluding carboxylic acids is 3. The molecule has 17 aromatic rings. The minimum atomic E-state index is -0.0330. The normalized spacial score (nSPS) is 17.1. The molecule has 25 rings (SSSR count). The quantitative estimate of drug-likeness (QED) is 0.0540. The molecule has 0 saturated heterocycles. The number of fused-ring (bicyclic) bond motifs is 13. The first-order valence-corrected chi connectivity index (χ1v) is 49.0. The fourth-order valence-electron chi connectivity index (χ4n) is 20.5. The van der Waals surface area contributed by atoms with Crippen LogP contribution in [0.3, 0.4) is 0 Å². The van der Waals surface area contributed by atoms with E-state index in [4.69, 9.17) is 53.0 Å². The largest absolute Gasteiger partial charge is 0.383 e. The van der Waals surface area contributed by atoms with E-state index in [9.17, 15) is 14.4 Å². The van der Waals surface area contributed by atoms with Crippen molar-refractivity contribution in [1.29, 1.82) is 0 Å². The molecule has 17 aromatic heterocycles. The second kappa shape index (κ2) is 37.8. The lowest BCUT2D eigenvalue weighted by atomic mass is 9.93. The van der Waals surface area contributed by atoms with Gasteiger partial charge < -0.3 is 85.2 Å². The Morgan fingerprint density at radius 3 is 0.951 bits per heavy atom. The summed E-state index contributed by atoms with van der Waals surface area (Å²) in [6.45, 7) is 25.3. The third kappa shape index (κ3) is 18.1. The molecule has 0 fully saturated rings. The number of anilines is 16. The third-order valence-electron chi connectivity index (χ3n) is 28.9. The number of hydrogen-bond acceptors (Lipinski definition) is 32. The molecule has 8 aliphatic heterocycles. The fourth-order valence-corrected chi connectivity index (χ4v) is 20.5. The van der Waals surface area contributed by atoms with E-state index in [0.29, 0.717) is 114 Å². The van der Waals surface area contributed by atoms with Gasteiger partial charge in [-0.25, -0.2) is 44.9 Å². The fraction of sp³-hybridized carbons (Fsp3) is 0.327. The van der Waals surface area contributed by atoms with Crippen LogP contribution in [0.4, 0.5) is 92.6 Å². The number of aryl methyl sites for hydroxylation is 2. The van der Waals surface area contributed by atoms with Crippen molar-refractivity contribution in [2.45, 2.75) is 163 Å². The number of pyridine rings is 12. The second-order valence-corrected chi connectivity index (χ2v) is 38.7. The minimum absolute atomic E-state index is 0.0330. The molecule has 40 heteroatoms. The Balaban J connectivity index is 0.000000110. The van der Waals surface area contributed by atoms with Crippen molar-refractivity contribution >= 4 is 153 Å². The lowest BCUT2D eigenvalue weighted by Gasteiger charge is -2.25. The van der Waals surface area contributed by atoms with Crippen LogP contribution in [0.15, 0.2) is 135 Å². The van der Waals surface area contributed by atoms with Crippen LogP contribution in [0.2, 0.25) is 0 Å². The maximum atomic E-state index is 12.2. The molecule has 0 spiro atoms. The molecule has 17 N–H and O–H groups in total. The lowest BCUT2D eigenvalue weighted by molar-refractivity contribution is -0.131. The number of hydrogen-bond donors (Lipinski definition) is 13. The van der Waals surface area contributed by atoms with Crippen LogP contribution in [0, 0.1) is 27.7 Å². The lowest BCUT2D eigenvalue weighted by Crippen LogP contribution is -2.29. The van der Waals surface area contributed by atoms with Gasteiger partial charge in [0.05, 0.1) is 74.8 Å². The Bertz CT molecular complexity index is 7780. The molecule has 0 unspecified atom stereocenters. The number of nitrogens with two attached hydrogens (primary N) is 4. The predicted molar refractivity (Wildman–Crippen MR) is 560 cm³/mol. The summed E-state index contributed by atoms with van der Waals surface area (Å²) in [7, 11) is 3.64. The van der Waals surface area contributed by atoms with Gasteiger partial charge in [0.25, 0.3) is 0 Å². The van der Waals surface area contributed by atoms with E-state index < -0.39 is 0 Å². The van der Waals surface area contributed by atoms with Gasteiger partial charge in [-0.3, -0.25) is 53.0 Å². The zero-order valence-corrected chi connectivity index (χ0v) is 81.9. The summed E-state index contributed by atoms with van der Waals surface area (Å²) in [5.74, 6) is 9.93. The van der Waals surface area contributed by atoms with E-state index in [0.717, 1.165) is 269 Å². The average Bonchev–Trinajstić information content (AvgIpc) is 0.803. The van der Waals surface area contributed by atoms with Crippen LogP contribution < -0.4 is 70.8 Å². The van der Waals surface area contributed by atoms with Crippen LogP contribution >= 0.6 is 0 Å². The number of amides is 3. The monoisotopic (exact) mass is 1930 g/mol. The molecule has 4 atom stereocenters. The van der Waals surface area contributed by atoms with Gasteiger partial charge in [0.15, 0.2) is 23.3 Å². The van der Waals surface area contributed by atoms with E-state index >= 15 is 0 Å². The minimum Gasteiger partial charge on any atom is -0.383 e. The molecule has 0 aromatic carbocycles. The van der Waals surface area contributed by atoms with Crippen LogP contribution in [0.25, 0.3) is 88.1 Å². The maximum Gasteiger partial charge on any atom is 0.244 e. The van der Waals surface area contributed by atoms with Crippen LogP contribution in [-0.4, -0.2) is 196 Å². The molecular formula is C104H113N37O3. The number of nitrogen functional groups attached to an aromatic ring is 4. The molecule has 40 nitrogen and oxygen atoms in total. The Hall–Kier alpha value is -17.1. The van der Waals surface area contributed by atoms with Crippen LogP contribution in [0.1, 0.15) is 151 Å². The number of rotatable bonds is 12. The summed E-state index contributed by atoms with van der Waals surface area (Å²) >= 11 is 0. The highest BCUT2D eigenvalue weighted by molar-refractivity contribution is 6.00. The van der Waals surface area contributed by atoms with Gasteiger partial charge in [0.2, 0.25) is 17.7 Å².